The van der Waals surface area contributed by atoms with E-state index in [2.05, 4.69) is 42.5 Å². The zero-order valence-electron chi connectivity index (χ0n) is 60.6. The summed E-state index contributed by atoms with van der Waals surface area (Å²) in [5.74, 6) is -4.40. The fourth-order valence-electron chi connectivity index (χ4n) is 11.8. The first-order chi connectivity index (χ1) is 52.2. The van der Waals surface area contributed by atoms with Gasteiger partial charge < -0.3 is 167 Å². The van der Waals surface area contributed by atoms with Crippen LogP contribution in [0.5, 0.6) is 0 Å². The number of nitrogens with one attached hydrogen (secondary N) is 8. The highest BCUT2D eigenvalue weighted by molar-refractivity contribution is 5.88. The molecule has 0 saturated carbocycles. The lowest BCUT2D eigenvalue weighted by molar-refractivity contribution is -0.300. The number of aliphatic hydroxyl groups is 16. The molecule has 8 amide bonds. The minimum atomic E-state index is -1.79. The Morgan fingerprint density at radius 3 is 1.16 bits per heavy atom. The first kappa shape index (κ1) is 93.4. The van der Waals surface area contributed by atoms with Gasteiger partial charge in [0, 0.05) is 65.1 Å². The van der Waals surface area contributed by atoms with E-state index in [1.54, 1.807) is 0 Å². The molecule has 0 spiro atoms. The smallest absolute Gasteiger partial charge is 0.407 e. The quantitative estimate of drug-likeness (QED) is 0.0269. The van der Waals surface area contributed by atoms with Crippen molar-refractivity contribution in [3.8, 4) is 0 Å². The fourth-order valence-corrected chi connectivity index (χ4v) is 11.8. The lowest BCUT2D eigenvalue weighted by Crippen LogP contribution is -2.59. The molecule has 0 radical (unpaired) electrons. The van der Waals surface area contributed by atoms with Crippen molar-refractivity contribution in [3.63, 3.8) is 0 Å². The molecule has 0 bridgehead atoms. The van der Waals surface area contributed by atoms with E-state index in [0.29, 0.717) is 38.5 Å². The standard InChI is InChI=1S/C67H113N9O33/c77-32-40-49(86)53(90)57(94)63(106-40)101-26-22-69-44(81)15-6-2-9-20-72-61(98)38(75-46(83)16-7-3-10-21-74-67(100)105-36-37-12-4-1-5-13-37)17-18-45(82)68-19-11-8-14-39(62(99)73-25-29-104-66-60(97)56(93)52(89)43(35-80)109-66)76(30-47(84)70-23-27-102-64-58(95)54(91)50(87)41(33-78)107-64)31-48(85)71-24-28-103-65-59(96)55(92)51(88)42(34-79)108-65/h1,4-5,12-13,38-43,49-60,63-66,77-80,86-97H,2-3,6-11,14-36H2,(H,68,82)(H,69,81)(H,70,84)(H,71,85)(H,72,98)(H,73,99)(H,74,100)(H,75,83)/t38-,39-,40+,41+,42+,43+,49+,50+,51+,52+,53-,54-,55-,56-,57-,58-,59-,60-,63-,64-,65-,66-/m0/s1. The average Bonchev–Trinajstić information content (AvgIpc) is 0.836. The first-order valence-electron chi connectivity index (χ1n) is 36.5. The molecule has 4 saturated heterocycles. The number of rotatable bonds is 50. The largest absolute Gasteiger partial charge is 0.445 e. The molecule has 42 nitrogen and oxygen atoms in total. The van der Waals surface area contributed by atoms with Gasteiger partial charge in [0.2, 0.25) is 41.4 Å². The van der Waals surface area contributed by atoms with Gasteiger partial charge in [-0.1, -0.05) is 43.2 Å². The van der Waals surface area contributed by atoms with E-state index in [0.717, 1.165) is 5.56 Å². The molecule has 4 heterocycles. The second-order valence-electron chi connectivity index (χ2n) is 26.4. The van der Waals surface area contributed by atoms with Crippen LogP contribution in [0.2, 0.25) is 0 Å². The van der Waals surface area contributed by atoms with E-state index in [-0.39, 0.29) is 123 Å². The van der Waals surface area contributed by atoms with E-state index in [9.17, 15) is 120 Å². The van der Waals surface area contributed by atoms with Crippen molar-refractivity contribution >= 4 is 47.4 Å². The lowest BCUT2D eigenvalue weighted by Gasteiger charge is -2.39. The molecule has 4 aliphatic heterocycles. The van der Waals surface area contributed by atoms with E-state index in [1.807, 2.05) is 30.3 Å². The maximum absolute atomic E-state index is 14.4. The molecule has 4 aliphatic rings. The highest BCUT2D eigenvalue weighted by Gasteiger charge is 2.48. The summed E-state index contributed by atoms with van der Waals surface area (Å²) >= 11 is 0. The summed E-state index contributed by atoms with van der Waals surface area (Å²) in [6.45, 7) is -6.12. The number of hydrogen-bond acceptors (Lipinski definition) is 34. The number of carbonyl (C=O) groups is 8. The van der Waals surface area contributed by atoms with Crippen LogP contribution in [-0.4, -0.2) is 381 Å². The predicted molar refractivity (Wildman–Crippen MR) is 369 cm³/mol. The molecule has 24 N–H and O–H groups in total. The van der Waals surface area contributed by atoms with Gasteiger partial charge in [0.1, 0.15) is 110 Å². The van der Waals surface area contributed by atoms with Crippen molar-refractivity contribution in [2.24, 2.45) is 0 Å². The Bertz CT molecular complexity index is 2770. The molecule has 1 aromatic carbocycles. The second-order valence-corrected chi connectivity index (χ2v) is 26.4. The molecule has 0 aliphatic carbocycles. The van der Waals surface area contributed by atoms with E-state index >= 15 is 0 Å². The molecule has 42 heteroatoms. The summed E-state index contributed by atoms with van der Waals surface area (Å²) < 4.78 is 48.5. The minimum absolute atomic E-state index is 0.000449. The van der Waals surface area contributed by atoms with E-state index in [4.69, 9.17) is 42.6 Å². The van der Waals surface area contributed by atoms with Crippen molar-refractivity contribution < 1.29 is 163 Å². The highest BCUT2D eigenvalue weighted by atomic mass is 16.7. The van der Waals surface area contributed by atoms with Gasteiger partial charge in [-0.2, -0.15) is 0 Å². The Hall–Kier alpha value is -6.22. The van der Waals surface area contributed by atoms with Gasteiger partial charge in [-0.15, -0.1) is 0 Å². The van der Waals surface area contributed by atoms with Crippen LogP contribution in [-0.2, 0) is 82.8 Å². The summed E-state index contributed by atoms with van der Waals surface area (Å²) in [5, 5.41) is 182. The molecular weight excluding hydrogens is 1460 g/mol. The Labute approximate surface area is 628 Å². The third kappa shape index (κ3) is 32.1. The lowest BCUT2D eigenvalue weighted by atomic mass is 9.99. The van der Waals surface area contributed by atoms with Crippen molar-refractivity contribution in [1.82, 2.24) is 47.4 Å². The van der Waals surface area contributed by atoms with E-state index < -0.39 is 223 Å². The number of unbranched alkanes of at least 4 members (excludes halogenated alkanes) is 5. The molecule has 22 atom stereocenters. The summed E-state index contributed by atoms with van der Waals surface area (Å²) in [7, 11) is 0. The summed E-state index contributed by atoms with van der Waals surface area (Å²) in [4.78, 5) is 108. The third-order valence-corrected chi connectivity index (χ3v) is 18.1. The van der Waals surface area contributed by atoms with Crippen LogP contribution in [0.1, 0.15) is 89.0 Å². The van der Waals surface area contributed by atoms with Gasteiger partial charge in [-0.3, -0.25) is 38.5 Å². The van der Waals surface area contributed by atoms with Crippen LogP contribution in [0.15, 0.2) is 30.3 Å². The molecule has 1 aromatic rings. The van der Waals surface area contributed by atoms with Gasteiger partial charge in [0.05, 0.1) is 72.0 Å². The maximum Gasteiger partial charge on any atom is 0.407 e. The number of nitrogens with zero attached hydrogens (tertiary/aromatic N) is 1. The minimum Gasteiger partial charge on any atom is -0.445 e. The highest BCUT2D eigenvalue weighted by Crippen LogP contribution is 2.26. The SMILES string of the molecule is O=C(CCCCCNC(=O)[C@H](CCC(=O)NCCCC[C@@H](C(=O)NCCO[C@H]1O[C@H](CO)[C@@H](O)[C@H](O)[C@@H]1O)N(CC(=O)NCCO[C@H]1O[C@H](CO)[C@@H](O)[C@H](O)[C@@H]1O)CC(=O)NCCO[C@H]1O[C@H](CO)[C@@H](O)[C@H](O)[C@@H]1O)NC(=O)CCCCCNC(=O)OCc1ccccc1)NCCO[C@H]1O[C@H](CO)[C@@H](O)[C@H](O)[C@@H]1O. The zero-order valence-corrected chi connectivity index (χ0v) is 60.6. The second kappa shape index (κ2) is 50.7. The first-order valence-corrected chi connectivity index (χ1v) is 36.5. The third-order valence-electron chi connectivity index (χ3n) is 18.1. The van der Waals surface area contributed by atoms with Crippen molar-refractivity contribution in [3.05, 3.63) is 35.9 Å². The summed E-state index contributed by atoms with van der Waals surface area (Å²) in [5.41, 5.74) is 0.808. The monoisotopic (exact) mass is 1570 g/mol. The Kier molecular flexibility index (Phi) is 43.4. The van der Waals surface area contributed by atoms with Crippen molar-refractivity contribution in [2.45, 2.75) is 225 Å². The van der Waals surface area contributed by atoms with E-state index in [1.165, 1.54) is 4.90 Å². The Morgan fingerprint density at radius 2 is 0.725 bits per heavy atom. The topological polar surface area (TPSA) is 643 Å². The Morgan fingerprint density at radius 1 is 0.367 bits per heavy atom. The fraction of sp³-hybridized carbons (Fsp3) is 0.791. The molecule has 0 aromatic heterocycles. The van der Waals surface area contributed by atoms with Gasteiger partial charge >= 0.3 is 6.09 Å². The maximum atomic E-state index is 14.4. The normalized spacial score (nSPS) is 28.9. The number of hydrogen-bond donors (Lipinski definition) is 24. The van der Waals surface area contributed by atoms with Crippen LogP contribution in [0.3, 0.4) is 0 Å². The molecule has 4 fully saturated rings. The molecule has 624 valence electrons. The zero-order chi connectivity index (χ0) is 80.0. The summed E-state index contributed by atoms with van der Waals surface area (Å²) in [6.07, 6.45) is -29.9. The van der Waals surface area contributed by atoms with Crippen LogP contribution in [0.4, 0.5) is 4.79 Å². The van der Waals surface area contributed by atoms with Crippen molar-refractivity contribution in [1.29, 1.82) is 0 Å². The number of ether oxygens (including phenoxy) is 9. The van der Waals surface area contributed by atoms with Crippen LogP contribution < -0.4 is 42.5 Å². The number of benzene rings is 1. The predicted octanol–water partition coefficient (Wildman–Crippen LogP) is -10.9. The summed E-state index contributed by atoms with van der Waals surface area (Å²) in [6, 6.07) is 6.51. The number of amides is 8. The van der Waals surface area contributed by atoms with Gasteiger partial charge in [-0.25, -0.2) is 4.79 Å². The Balaban J connectivity index is 1.20. The van der Waals surface area contributed by atoms with Gasteiger partial charge in [0.15, 0.2) is 25.2 Å². The molecule has 109 heavy (non-hydrogen) atoms. The van der Waals surface area contributed by atoms with Gasteiger partial charge in [0.25, 0.3) is 0 Å². The number of aliphatic hydroxyl groups excluding tert-OH is 16. The number of alkyl carbamates (subject to hydrolysis) is 1. The molecule has 0 unspecified atom stereocenters. The van der Waals surface area contributed by atoms with Crippen molar-refractivity contribution in [2.75, 3.05) is 112 Å². The van der Waals surface area contributed by atoms with Gasteiger partial charge in [-0.05, 0) is 56.9 Å². The molecular formula is C67H113N9O33. The van der Waals surface area contributed by atoms with Crippen LogP contribution in [0, 0.1) is 0 Å². The average molecular weight is 1570 g/mol. The van der Waals surface area contributed by atoms with Crippen LogP contribution >= 0.6 is 0 Å². The van der Waals surface area contributed by atoms with Crippen LogP contribution in [0.25, 0.3) is 0 Å². The number of carbonyl (C=O) groups excluding carboxylic acids is 8. The molecule has 5 rings (SSSR count).